The normalized spacial score (nSPS) is 9.55. The second kappa shape index (κ2) is 10.6. The summed E-state index contributed by atoms with van der Waals surface area (Å²) in [6, 6.07) is 23.7. The fraction of sp³-hybridized carbons (Fsp3) is 0.111. The van der Waals surface area contributed by atoms with Crippen molar-refractivity contribution in [3.05, 3.63) is 66.7 Å². The fourth-order valence-electron chi connectivity index (χ4n) is 2.06. The van der Waals surface area contributed by atoms with Crippen LogP contribution in [0.2, 0.25) is 0 Å². The minimum absolute atomic E-state index is 0.750. The van der Waals surface area contributed by atoms with Gasteiger partial charge in [-0.1, -0.05) is 0 Å². The van der Waals surface area contributed by atoms with Gasteiger partial charge in [-0.3, -0.25) is 0 Å². The molecule has 0 aliphatic rings. The molecular formula is C18H18O2PTi. The van der Waals surface area contributed by atoms with Gasteiger partial charge in [0.05, 0.1) is 0 Å². The van der Waals surface area contributed by atoms with Gasteiger partial charge in [-0.15, -0.1) is 0 Å². The predicted octanol–water partition coefficient (Wildman–Crippen LogP) is 2.18. The second-order valence-electron chi connectivity index (χ2n) is 4.20. The summed E-state index contributed by atoms with van der Waals surface area (Å²) in [7, 11) is 2.27. The average Bonchev–Trinajstić information content (AvgIpc) is 3.02. The Morgan fingerprint density at radius 1 is 0.727 bits per heavy atom. The van der Waals surface area contributed by atoms with Gasteiger partial charge in [0.25, 0.3) is 0 Å². The molecule has 0 N–H and O–H groups in total. The van der Waals surface area contributed by atoms with Gasteiger partial charge < -0.3 is 10.2 Å². The van der Waals surface area contributed by atoms with Crippen LogP contribution in [0.25, 0.3) is 21.7 Å². The molecule has 0 bridgehead atoms. The number of benzene rings is 2. The summed E-state index contributed by atoms with van der Waals surface area (Å²) < 4.78 is 1.40. The van der Waals surface area contributed by atoms with Crippen molar-refractivity contribution in [1.29, 1.82) is 0 Å². The molecule has 0 aliphatic heterocycles. The molecule has 2 aromatic carbocycles. The molecule has 3 aromatic rings. The monoisotopic (exact) mass is 345 g/mol. The standard InChI is InChI=1S/C16H12P.2CH3O.Ti/c1-3-7-13(8-4-1)15-11-12-16(17-15)14-9-5-2-6-10-14;2*1-2;/h1-11,17H;2*1H3;/q;2*-1;+2. The van der Waals surface area contributed by atoms with Crippen LogP contribution in [-0.2, 0) is 20.4 Å². The van der Waals surface area contributed by atoms with Crippen LogP contribution in [0.1, 0.15) is 0 Å². The Morgan fingerprint density at radius 2 is 1.18 bits per heavy atom. The van der Waals surface area contributed by atoms with E-state index in [0.29, 0.717) is 0 Å². The zero-order valence-electron chi connectivity index (χ0n) is 12.7. The molecular weight excluding hydrogens is 327 g/mol. The van der Waals surface area contributed by atoms with Gasteiger partial charge in [0.15, 0.2) is 0 Å². The topological polar surface area (TPSA) is 46.1 Å². The van der Waals surface area contributed by atoms with Gasteiger partial charge in [-0.25, -0.2) is 0 Å². The van der Waals surface area contributed by atoms with E-state index < -0.39 is 0 Å². The molecule has 1 atom stereocenters. The molecule has 111 valence electrons. The zero-order chi connectivity index (χ0) is 16.4. The van der Waals surface area contributed by atoms with Crippen molar-refractivity contribution in [3.63, 3.8) is 0 Å². The molecule has 1 unspecified atom stereocenters. The quantitative estimate of drug-likeness (QED) is 0.669. The van der Waals surface area contributed by atoms with E-state index in [4.69, 9.17) is 10.2 Å². The maximum atomic E-state index is 8.25. The molecule has 0 saturated heterocycles. The zero-order valence-corrected chi connectivity index (χ0v) is 15.2. The van der Waals surface area contributed by atoms with Crippen molar-refractivity contribution >= 4 is 12.1 Å². The first-order chi connectivity index (χ1) is 10.8. The summed E-state index contributed by atoms with van der Waals surface area (Å²) >= 11 is 2.21. The Balaban J connectivity index is 0.000000561. The van der Waals surface area contributed by atoms with Crippen LogP contribution in [-0.4, -0.2) is 14.2 Å². The van der Waals surface area contributed by atoms with Gasteiger partial charge in [0, 0.05) is 0 Å². The average molecular weight is 345 g/mol. The number of hydrogen-bond donors (Lipinski definition) is 0. The van der Waals surface area contributed by atoms with E-state index >= 15 is 0 Å². The summed E-state index contributed by atoms with van der Waals surface area (Å²) in [6.07, 6.45) is 0. The van der Waals surface area contributed by atoms with Crippen LogP contribution in [0.3, 0.4) is 0 Å². The molecule has 4 heteroatoms. The first-order valence-electron chi connectivity index (χ1n) is 6.72. The summed E-state index contributed by atoms with van der Waals surface area (Å²) in [6.45, 7) is 0. The molecule has 0 aliphatic carbocycles. The molecule has 0 fully saturated rings. The Kier molecular flexibility index (Phi) is 9.07. The third-order valence-corrected chi connectivity index (χ3v) is 5.48. The molecule has 0 amide bonds. The Hall–Kier alpha value is -1.15. The van der Waals surface area contributed by atoms with E-state index in [-0.39, 0.29) is 0 Å². The summed E-state index contributed by atoms with van der Waals surface area (Å²) in [4.78, 5) is 0. The van der Waals surface area contributed by atoms with Crippen LogP contribution < -0.4 is 14.1 Å². The molecule has 0 saturated carbocycles. The van der Waals surface area contributed by atoms with Crippen molar-refractivity contribution in [2.24, 2.45) is 0 Å². The van der Waals surface area contributed by atoms with Gasteiger partial charge in [0.2, 0.25) is 0 Å². The SMILES string of the molecule is C[O-].C[O-].[Ti+2][c]1cc(-c2ccccc2)[pH]c1-c1ccccc1. The molecule has 2 nitrogen and oxygen atoms in total. The van der Waals surface area contributed by atoms with Crippen LogP contribution >= 0.6 is 8.19 Å². The van der Waals surface area contributed by atoms with Gasteiger partial charge >= 0.3 is 121 Å². The molecule has 0 radical (unpaired) electrons. The summed E-state index contributed by atoms with van der Waals surface area (Å²) in [5.74, 6) is 0. The van der Waals surface area contributed by atoms with Crippen molar-refractivity contribution in [2.45, 2.75) is 0 Å². The second-order valence-corrected chi connectivity index (χ2v) is 6.33. The summed E-state index contributed by atoms with van der Waals surface area (Å²) in [5, 5.41) is 19.4. The predicted molar refractivity (Wildman–Crippen MR) is 88.3 cm³/mol. The van der Waals surface area contributed by atoms with E-state index in [1.807, 2.05) is 0 Å². The Morgan fingerprint density at radius 3 is 1.68 bits per heavy atom. The number of rotatable bonds is 2. The van der Waals surface area contributed by atoms with Crippen molar-refractivity contribution in [3.8, 4) is 21.7 Å². The van der Waals surface area contributed by atoms with E-state index in [2.05, 4.69) is 87.2 Å². The Bertz CT molecular complexity index is 651. The van der Waals surface area contributed by atoms with E-state index in [1.165, 1.54) is 25.6 Å². The van der Waals surface area contributed by atoms with Crippen LogP contribution in [0, 0.1) is 0 Å². The number of hydrogen-bond acceptors (Lipinski definition) is 2. The van der Waals surface area contributed by atoms with Crippen molar-refractivity contribution < 1.29 is 30.6 Å². The van der Waals surface area contributed by atoms with E-state index in [0.717, 1.165) is 22.4 Å². The molecule has 1 heterocycles. The maximum absolute atomic E-state index is 8.25. The third kappa shape index (κ3) is 4.95. The van der Waals surface area contributed by atoms with Gasteiger partial charge in [-0.2, -0.15) is 14.2 Å². The van der Waals surface area contributed by atoms with Crippen molar-refractivity contribution in [1.82, 2.24) is 0 Å². The first kappa shape index (κ1) is 18.9. The van der Waals surface area contributed by atoms with Gasteiger partial charge in [0.1, 0.15) is 0 Å². The Labute approximate surface area is 145 Å². The summed E-state index contributed by atoms with van der Waals surface area (Å²) in [5.41, 5.74) is 2.71. The van der Waals surface area contributed by atoms with E-state index in [1.54, 1.807) is 0 Å². The molecule has 22 heavy (non-hydrogen) atoms. The molecule has 3 rings (SSSR count). The minimum atomic E-state index is 0.750. The third-order valence-electron chi connectivity index (χ3n) is 2.96. The van der Waals surface area contributed by atoms with Crippen LogP contribution in [0.5, 0.6) is 0 Å². The van der Waals surface area contributed by atoms with Crippen LogP contribution in [0.4, 0.5) is 0 Å². The fourth-order valence-corrected chi connectivity index (χ4v) is 4.34. The van der Waals surface area contributed by atoms with Crippen LogP contribution in [0.15, 0.2) is 66.7 Å². The van der Waals surface area contributed by atoms with Crippen molar-refractivity contribution in [2.75, 3.05) is 14.2 Å². The first-order valence-corrected chi connectivity index (χ1v) is 8.50. The molecule has 1 aromatic heterocycles. The van der Waals surface area contributed by atoms with E-state index in [9.17, 15) is 0 Å². The van der Waals surface area contributed by atoms with Gasteiger partial charge in [-0.05, 0) is 0 Å². The molecule has 0 spiro atoms.